The topological polar surface area (TPSA) is 29.1 Å². The van der Waals surface area contributed by atoms with Crippen LogP contribution < -0.4 is 5.32 Å². The molecule has 0 aliphatic rings. The molecule has 0 aliphatic heterocycles. The third kappa shape index (κ3) is 3.73. The molecule has 0 saturated heterocycles. The molecular formula is C12H13BrF3NO. The van der Waals surface area contributed by atoms with Crippen molar-refractivity contribution in [2.24, 2.45) is 0 Å². The predicted molar refractivity (Wildman–Crippen MR) is 66.3 cm³/mol. The van der Waals surface area contributed by atoms with E-state index in [0.717, 1.165) is 12.1 Å². The summed E-state index contributed by atoms with van der Waals surface area (Å²) < 4.78 is 39.0. The molecule has 1 rings (SSSR count). The van der Waals surface area contributed by atoms with Crippen LogP contribution in [0, 0.1) is 17.5 Å². The number of halogens is 4. The minimum atomic E-state index is -1.64. The van der Waals surface area contributed by atoms with Crippen molar-refractivity contribution in [3.05, 3.63) is 35.1 Å². The number of hydrogen-bond acceptors (Lipinski definition) is 1. The predicted octanol–water partition coefficient (Wildman–Crippen LogP) is 3.40. The summed E-state index contributed by atoms with van der Waals surface area (Å²) in [4.78, 5) is 11.8. The number of amides is 1. The zero-order valence-electron chi connectivity index (χ0n) is 9.94. The zero-order chi connectivity index (χ0) is 13.9. The van der Waals surface area contributed by atoms with Crippen LogP contribution >= 0.6 is 15.9 Å². The highest BCUT2D eigenvalue weighted by atomic mass is 79.9. The van der Waals surface area contributed by atoms with Crippen LogP contribution in [0.25, 0.3) is 0 Å². The van der Waals surface area contributed by atoms with E-state index < -0.39 is 28.9 Å². The Hall–Kier alpha value is -1.04. The van der Waals surface area contributed by atoms with Crippen LogP contribution in [0.3, 0.4) is 0 Å². The SMILES string of the molecule is CC(Br)CC(C)NC(=O)c1ccc(F)c(F)c1F. The largest absolute Gasteiger partial charge is 0.349 e. The Morgan fingerprint density at radius 1 is 1.28 bits per heavy atom. The van der Waals surface area contributed by atoms with E-state index in [0.29, 0.717) is 6.42 Å². The van der Waals surface area contributed by atoms with Crippen molar-refractivity contribution in [2.75, 3.05) is 0 Å². The van der Waals surface area contributed by atoms with Crippen LogP contribution in [0.15, 0.2) is 12.1 Å². The second-order valence-electron chi connectivity index (χ2n) is 4.11. The molecule has 0 heterocycles. The van der Waals surface area contributed by atoms with Gasteiger partial charge in [-0.05, 0) is 25.5 Å². The average molecular weight is 324 g/mol. The van der Waals surface area contributed by atoms with Gasteiger partial charge in [-0.1, -0.05) is 22.9 Å². The summed E-state index contributed by atoms with van der Waals surface area (Å²) in [6.07, 6.45) is 0.636. The molecule has 2 unspecified atom stereocenters. The first kappa shape index (κ1) is 15.0. The van der Waals surface area contributed by atoms with E-state index in [-0.39, 0.29) is 10.9 Å². The summed E-state index contributed by atoms with van der Waals surface area (Å²) in [6, 6.07) is 1.44. The lowest BCUT2D eigenvalue weighted by molar-refractivity contribution is 0.0933. The minimum absolute atomic E-state index is 0.183. The Kier molecular flexibility index (Phi) is 5.19. The van der Waals surface area contributed by atoms with E-state index >= 15 is 0 Å². The Bertz CT molecular complexity index is 451. The third-order valence-electron chi connectivity index (χ3n) is 2.34. The van der Waals surface area contributed by atoms with Gasteiger partial charge in [-0.15, -0.1) is 0 Å². The molecule has 0 fully saturated rings. The van der Waals surface area contributed by atoms with E-state index in [9.17, 15) is 18.0 Å². The summed E-state index contributed by atoms with van der Waals surface area (Å²) in [5, 5.41) is 2.52. The van der Waals surface area contributed by atoms with Crippen molar-refractivity contribution in [1.29, 1.82) is 0 Å². The second kappa shape index (κ2) is 6.22. The van der Waals surface area contributed by atoms with Crippen LogP contribution in [-0.2, 0) is 0 Å². The number of carbonyl (C=O) groups excluding carboxylic acids is 1. The molecule has 1 aromatic carbocycles. The summed E-state index contributed by atoms with van der Waals surface area (Å²) in [5.74, 6) is -5.17. The fourth-order valence-electron chi connectivity index (χ4n) is 1.55. The number of nitrogens with one attached hydrogen (secondary N) is 1. The first-order valence-corrected chi connectivity index (χ1v) is 6.33. The molecule has 18 heavy (non-hydrogen) atoms. The summed E-state index contributed by atoms with van der Waals surface area (Å²) >= 11 is 3.32. The zero-order valence-corrected chi connectivity index (χ0v) is 11.5. The Balaban J connectivity index is 2.82. The molecule has 2 nitrogen and oxygen atoms in total. The van der Waals surface area contributed by atoms with E-state index in [4.69, 9.17) is 0 Å². The van der Waals surface area contributed by atoms with Gasteiger partial charge in [0, 0.05) is 10.9 Å². The molecule has 0 aliphatic carbocycles. The molecule has 0 spiro atoms. The first-order chi connectivity index (χ1) is 8.32. The Labute approximate surface area is 112 Å². The quantitative estimate of drug-likeness (QED) is 0.667. The van der Waals surface area contributed by atoms with E-state index in [1.54, 1.807) is 6.92 Å². The van der Waals surface area contributed by atoms with Gasteiger partial charge in [0.25, 0.3) is 5.91 Å². The minimum Gasteiger partial charge on any atom is -0.349 e. The monoisotopic (exact) mass is 323 g/mol. The number of alkyl halides is 1. The third-order valence-corrected chi connectivity index (χ3v) is 2.71. The van der Waals surface area contributed by atoms with E-state index in [2.05, 4.69) is 21.2 Å². The van der Waals surface area contributed by atoms with Crippen molar-refractivity contribution in [3.8, 4) is 0 Å². The Morgan fingerprint density at radius 3 is 2.44 bits per heavy atom. The van der Waals surface area contributed by atoms with Crippen molar-refractivity contribution >= 4 is 21.8 Å². The van der Waals surface area contributed by atoms with Crippen LogP contribution in [0.1, 0.15) is 30.6 Å². The molecule has 1 N–H and O–H groups in total. The van der Waals surface area contributed by atoms with Gasteiger partial charge in [0.2, 0.25) is 0 Å². The van der Waals surface area contributed by atoms with Gasteiger partial charge in [-0.3, -0.25) is 4.79 Å². The molecule has 100 valence electrons. The van der Waals surface area contributed by atoms with Gasteiger partial charge in [0.1, 0.15) is 0 Å². The molecule has 6 heteroatoms. The van der Waals surface area contributed by atoms with Crippen molar-refractivity contribution in [2.45, 2.75) is 31.1 Å². The van der Waals surface area contributed by atoms with Gasteiger partial charge in [-0.25, -0.2) is 13.2 Å². The van der Waals surface area contributed by atoms with Gasteiger partial charge >= 0.3 is 0 Å². The van der Waals surface area contributed by atoms with Crippen molar-refractivity contribution in [3.63, 3.8) is 0 Å². The standard InChI is InChI=1S/C12H13BrF3NO/c1-6(13)5-7(2)17-12(18)8-3-4-9(14)11(16)10(8)15/h3-4,6-7H,5H2,1-2H3,(H,17,18). The molecule has 1 aromatic rings. The summed E-state index contributed by atoms with van der Waals surface area (Å²) in [7, 11) is 0. The fraction of sp³-hybridized carbons (Fsp3) is 0.417. The summed E-state index contributed by atoms with van der Waals surface area (Å²) in [6.45, 7) is 3.65. The molecule has 2 atom stereocenters. The highest BCUT2D eigenvalue weighted by Gasteiger charge is 2.20. The fourth-order valence-corrected chi connectivity index (χ4v) is 2.11. The smallest absolute Gasteiger partial charge is 0.254 e. The van der Waals surface area contributed by atoms with Crippen molar-refractivity contribution < 1.29 is 18.0 Å². The molecule has 0 aromatic heterocycles. The lowest BCUT2D eigenvalue weighted by Gasteiger charge is -2.15. The van der Waals surface area contributed by atoms with Crippen LogP contribution in [-0.4, -0.2) is 16.8 Å². The maximum Gasteiger partial charge on any atom is 0.254 e. The van der Waals surface area contributed by atoms with Gasteiger partial charge < -0.3 is 5.32 Å². The highest BCUT2D eigenvalue weighted by Crippen LogP contribution is 2.15. The van der Waals surface area contributed by atoms with E-state index in [1.807, 2.05) is 6.92 Å². The molecule has 0 radical (unpaired) electrons. The number of hydrogen-bond donors (Lipinski definition) is 1. The lowest BCUT2D eigenvalue weighted by atomic mass is 10.1. The maximum atomic E-state index is 13.3. The summed E-state index contributed by atoms with van der Waals surface area (Å²) in [5.41, 5.74) is -0.497. The van der Waals surface area contributed by atoms with E-state index in [1.165, 1.54) is 0 Å². The molecule has 1 amide bonds. The van der Waals surface area contributed by atoms with Gasteiger partial charge in [0.15, 0.2) is 17.5 Å². The molecule has 0 saturated carbocycles. The normalized spacial score (nSPS) is 14.1. The van der Waals surface area contributed by atoms with Crippen LogP contribution in [0.4, 0.5) is 13.2 Å². The van der Waals surface area contributed by atoms with Crippen molar-refractivity contribution in [1.82, 2.24) is 5.32 Å². The number of rotatable bonds is 4. The Morgan fingerprint density at radius 2 is 1.89 bits per heavy atom. The molecular weight excluding hydrogens is 311 g/mol. The second-order valence-corrected chi connectivity index (χ2v) is 5.68. The van der Waals surface area contributed by atoms with Crippen LogP contribution in [0.2, 0.25) is 0 Å². The first-order valence-electron chi connectivity index (χ1n) is 5.41. The molecule has 0 bridgehead atoms. The number of benzene rings is 1. The lowest BCUT2D eigenvalue weighted by Crippen LogP contribution is -2.34. The maximum absolute atomic E-state index is 13.3. The highest BCUT2D eigenvalue weighted by molar-refractivity contribution is 9.09. The van der Waals surface area contributed by atoms with Gasteiger partial charge in [-0.2, -0.15) is 0 Å². The van der Waals surface area contributed by atoms with Crippen LogP contribution in [0.5, 0.6) is 0 Å². The average Bonchev–Trinajstić information content (AvgIpc) is 2.24. The van der Waals surface area contributed by atoms with Gasteiger partial charge in [0.05, 0.1) is 5.56 Å². The number of carbonyl (C=O) groups is 1.